The van der Waals surface area contributed by atoms with Crippen molar-refractivity contribution >= 4 is 23.2 Å². The van der Waals surface area contributed by atoms with E-state index in [4.69, 9.17) is 23.2 Å². The molecule has 1 aromatic heterocycles. The Morgan fingerprint density at radius 2 is 1.72 bits per heavy atom. The van der Waals surface area contributed by atoms with Gasteiger partial charge in [0, 0.05) is 36.5 Å². The monoisotopic (exact) mass is 374 g/mol. The first-order valence-electron chi connectivity index (χ1n) is 8.16. The fourth-order valence-corrected chi connectivity index (χ4v) is 3.38. The molecule has 0 unspecified atom stereocenters. The van der Waals surface area contributed by atoms with E-state index in [-0.39, 0.29) is 6.61 Å². The largest absolute Gasteiger partial charge is 0.395 e. The number of hydrogen-bond donors (Lipinski definition) is 1. The fourth-order valence-electron chi connectivity index (χ4n) is 2.88. The van der Waals surface area contributed by atoms with E-state index in [2.05, 4.69) is 27.7 Å². The lowest BCUT2D eigenvalue weighted by atomic mass is 10.2. The van der Waals surface area contributed by atoms with Gasteiger partial charge < -0.3 is 9.67 Å². The van der Waals surface area contributed by atoms with Crippen molar-refractivity contribution in [2.45, 2.75) is 13.1 Å². The van der Waals surface area contributed by atoms with Crippen molar-refractivity contribution in [3.63, 3.8) is 0 Å². The number of benzene rings is 2. The molecule has 0 amide bonds. The number of aliphatic hydroxyl groups excluding tert-OH is 1. The Kier molecular flexibility index (Phi) is 6.16. The average molecular weight is 375 g/mol. The second-order valence-corrected chi connectivity index (χ2v) is 6.73. The van der Waals surface area contributed by atoms with Gasteiger partial charge in [0.2, 0.25) is 0 Å². The smallest absolute Gasteiger partial charge is 0.0661 e. The van der Waals surface area contributed by atoms with Crippen molar-refractivity contribution in [1.82, 2.24) is 9.47 Å². The van der Waals surface area contributed by atoms with Crippen LogP contribution in [0.1, 0.15) is 11.3 Å². The van der Waals surface area contributed by atoms with Gasteiger partial charge in [-0.15, -0.1) is 0 Å². The Morgan fingerprint density at radius 1 is 0.920 bits per heavy atom. The summed E-state index contributed by atoms with van der Waals surface area (Å²) in [5, 5.41) is 10.7. The highest BCUT2D eigenvalue weighted by atomic mass is 35.5. The molecule has 0 spiro atoms. The van der Waals surface area contributed by atoms with Crippen LogP contribution >= 0.6 is 23.2 Å². The van der Waals surface area contributed by atoms with E-state index in [0.29, 0.717) is 23.1 Å². The van der Waals surface area contributed by atoms with Crippen LogP contribution < -0.4 is 0 Å². The van der Waals surface area contributed by atoms with Crippen LogP contribution in [0.4, 0.5) is 0 Å². The lowest BCUT2D eigenvalue weighted by Crippen LogP contribution is -2.27. The molecule has 0 saturated carbocycles. The van der Waals surface area contributed by atoms with Gasteiger partial charge in [-0.2, -0.15) is 0 Å². The third-order valence-corrected chi connectivity index (χ3v) is 4.59. The predicted molar refractivity (Wildman–Crippen MR) is 103 cm³/mol. The van der Waals surface area contributed by atoms with Gasteiger partial charge in [0.15, 0.2) is 0 Å². The second-order valence-electron chi connectivity index (χ2n) is 5.89. The normalized spacial score (nSPS) is 11.2. The Labute approximate surface area is 158 Å². The van der Waals surface area contributed by atoms with Crippen LogP contribution in [0.2, 0.25) is 10.0 Å². The van der Waals surface area contributed by atoms with Crippen LogP contribution in [0.3, 0.4) is 0 Å². The maximum atomic E-state index is 9.42. The molecule has 0 bridgehead atoms. The predicted octanol–water partition coefficient (Wildman–Crippen LogP) is 4.78. The summed E-state index contributed by atoms with van der Waals surface area (Å²) in [5.74, 6) is 0. The van der Waals surface area contributed by atoms with Crippen LogP contribution in [0.5, 0.6) is 0 Å². The lowest BCUT2D eigenvalue weighted by Gasteiger charge is -2.22. The topological polar surface area (TPSA) is 28.4 Å². The third kappa shape index (κ3) is 4.65. The van der Waals surface area contributed by atoms with Crippen molar-refractivity contribution in [1.29, 1.82) is 0 Å². The summed E-state index contributed by atoms with van der Waals surface area (Å²) in [6.07, 6.45) is 1.99. The van der Waals surface area contributed by atoms with Crippen molar-refractivity contribution in [2.75, 3.05) is 13.2 Å². The molecular weight excluding hydrogens is 355 g/mol. The van der Waals surface area contributed by atoms with Crippen molar-refractivity contribution in [2.24, 2.45) is 0 Å². The van der Waals surface area contributed by atoms with E-state index in [1.807, 2.05) is 42.6 Å². The maximum Gasteiger partial charge on any atom is 0.0661 e. The standard InChI is InChI=1S/C20H20Cl2N2O/c21-17-8-9-20(19(22)13-17)24-10-4-7-18(24)15-23(11-12-25)14-16-5-2-1-3-6-16/h1-10,13,25H,11-12,14-15H2. The molecule has 0 aliphatic carbocycles. The highest BCUT2D eigenvalue weighted by Crippen LogP contribution is 2.26. The van der Waals surface area contributed by atoms with Gasteiger partial charge in [0.25, 0.3) is 0 Å². The maximum absolute atomic E-state index is 9.42. The molecule has 0 aliphatic rings. The molecule has 1 N–H and O–H groups in total. The zero-order valence-electron chi connectivity index (χ0n) is 13.8. The summed E-state index contributed by atoms with van der Waals surface area (Å²) in [6.45, 7) is 2.21. The van der Waals surface area contributed by atoms with Crippen LogP contribution in [-0.2, 0) is 13.1 Å². The third-order valence-electron chi connectivity index (χ3n) is 4.05. The van der Waals surface area contributed by atoms with E-state index in [1.54, 1.807) is 6.07 Å². The van der Waals surface area contributed by atoms with E-state index in [0.717, 1.165) is 17.9 Å². The Morgan fingerprint density at radius 3 is 2.44 bits per heavy atom. The fraction of sp³-hybridized carbons (Fsp3) is 0.200. The van der Waals surface area contributed by atoms with Crippen molar-refractivity contribution < 1.29 is 5.11 Å². The summed E-state index contributed by atoms with van der Waals surface area (Å²) in [6, 6.07) is 19.8. The van der Waals surface area contributed by atoms with E-state index >= 15 is 0 Å². The molecule has 0 atom stereocenters. The van der Waals surface area contributed by atoms with Gasteiger partial charge in [0.1, 0.15) is 0 Å². The molecule has 2 aromatic carbocycles. The lowest BCUT2D eigenvalue weighted by molar-refractivity contribution is 0.182. The molecule has 25 heavy (non-hydrogen) atoms. The van der Waals surface area contributed by atoms with Crippen molar-refractivity contribution in [3.8, 4) is 5.69 Å². The zero-order chi connectivity index (χ0) is 17.6. The van der Waals surface area contributed by atoms with Gasteiger partial charge >= 0.3 is 0 Å². The van der Waals surface area contributed by atoms with Gasteiger partial charge in [-0.25, -0.2) is 0 Å². The molecule has 0 saturated heterocycles. The first-order valence-corrected chi connectivity index (χ1v) is 8.92. The molecular formula is C20H20Cl2N2O. The molecule has 3 aromatic rings. The van der Waals surface area contributed by atoms with Gasteiger partial charge in [-0.05, 0) is 35.9 Å². The number of halogens is 2. The molecule has 0 fully saturated rings. The summed E-state index contributed by atoms with van der Waals surface area (Å²) in [4.78, 5) is 2.21. The quantitative estimate of drug-likeness (QED) is 0.644. The van der Waals surface area contributed by atoms with Crippen molar-refractivity contribution in [3.05, 3.63) is 88.2 Å². The highest BCUT2D eigenvalue weighted by Gasteiger charge is 2.12. The minimum Gasteiger partial charge on any atom is -0.395 e. The van der Waals surface area contributed by atoms with Gasteiger partial charge in [-0.1, -0.05) is 53.5 Å². The van der Waals surface area contributed by atoms with E-state index in [1.165, 1.54) is 5.56 Å². The minimum atomic E-state index is 0.120. The first-order chi connectivity index (χ1) is 12.2. The Balaban J connectivity index is 1.82. The molecule has 0 radical (unpaired) electrons. The second kappa shape index (κ2) is 8.54. The van der Waals surface area contributed by atoms with Crippen LogP contribution in [0.25, 0.3) is 5.69 Å². The molecule has 3 rings (SSSR count). The SMILES string of the molecule is OCCN(Cc1ccccc1)Cc1cccn1-c1ccc(Cl)cc1Cl. The van der Waals surface area contributed by atoms with E-state index < -0.39 is 0 Å². The summed E-state index contributed by atoms with van der Waals surface area (Å²) in [5.41, 5.74) is 3.22. The number of hydrogen-bond acceptors (Lipinski definition) is 2. The number of aliphatic hydroxyl groups is 1. The average Bonchev–Trinajstić information content (AvgIpc) is 3.04. The number of nitrogens with zero attached hydrogens (tertiary/aromatic N) is 2. The summed E-state index contributed by atoms with van der Waals surface area (Å²) >= 11 is 12.4. The van der Waals surface area contributed by atoms with E-state index in [9.17, 15) is 5.11 Å². The Bertz CT molecular complexity index is 818. The summed E-state index contributed by atoms with van der Waals surface area (Å²) < 4.78 is 2.06. The van der Waals surface area contributed by atoms with Gasteiger partial charge in [0.05, 0.1) is 17.3 Å². The minimum absolute atomic E-state index is 0.120. The first kappa shape index (κ1) is 18.0. The van der Waals surface area contributed by atoms with Crippen LogP contribution in [0, 0.1) is 0 Å². The summed E-state index contributed by atoms with van der Waals surface area (Å²) in [7, 11) is 0. The molecule has 5 heteroatoms. The van der Waals surface area contributed by atoms with Crippen LogP contribution in [0.15, 0.2) is 66.9 Å². The molecule has 1 heterocycles. The number of rotatable bonds is 7. The zero-order valence-corrected chi connectivity index (χ0v) is 15.3. The van der Waals surface area contributed by atoms with Crippen LogP contribution in [-0.4, -0.2) is 27.7 Å². The van der Waals surface area contributed by atoms with Gasteiger partial charge in [-0.3, -0.25) is 4.90 Å². The molecule has 3 nitrogen and oxygen atoms in total. The number of aromatic nitrogens is 1. The Hall–Kier alpha value is -1.78. The molecule has 0 aliphatic heterocycles. The highest BCUT2D eigenvalue weighted by molar-refractivity contribution is 6.35. The molecule has 130 valence electrons.